The van der Waals surface area contributed by atoms with Gasteiger partial charge in [0.1, 0.15) is 17.3 Å². The van der Waals surface area contributed by atoms with Gasteiger partial charge in [-0.15, -0.1) is 0 Å². The number of aliphatic hydroxyl groups excluding tert-OH is 2. The Bertz CT molecular complexity index is 1230. The number of nitrogens with zero attached hydrogens (tertiary/aromatic N) is 1. The first-order chi connectivity index (χ1) is 15.0. The van der Waals surface area contributed by atoms with Crippen LogP contribution in [0.1, 0.15) is 0 Å². The van der Waals surface area contributed by atoms with Gasteiger partial charge < -0.3 is 20.3 Å². The molecule has 1 heterocycles. The number of fused-ring (bicyclic) bond motifs is 1. The highest BCUT2D eigenvalue weighted by atomic mass is 35.5. The number of hydrogen-bond acceptors (Lipinski definition) is 5. The molecular formula is C22H18ClF2N3O3. The zero-order valence-corrected chi connectivity index (χ0v) is 16.8. The lowest BCUT2D eigenvalue weighted by Gasteiger charge is -2.14. The maximum Gasteiger partial charge on any atom is 0.168 e. The maximum absolute atomic E-state index is 14.0. The number of nitrogens with one attached hydrogen (secondary N) is 2. The predicted octanol–water partition coefficient (Wildman–Crippen LogP) is 4.72. The summed E-state index contributed by atoms with van der Waals surface area (Å²) < 4.78 is 32.9. The predicted molar refractivity (Wildman–Crippen MR) is 115 cm³/mol. The summed E-state index contributed by atoms with van der Waals surface area (Å²) in [5, 5.41) is 30.4. The average Bonchev–Trinajstić information content (AvgIpc) is 3.18. The second-order valence-electron chi connectivity index (χ2n) is 6.84. The first-order valence-corrected chi connectivity index (χ1v) is 9.76. The van der Waals surface area contributed by atoms with E-state index in [4.69, 9.17) is 21.4 Å². The largest absolute Gasteiger partial charge is 0.454 e. The van der Waals surface area contributed by atoms with Crippen molar-refractivity contribution in [2.24, 2.45) is 0 Å². The van der Waals surface area contributed by atoms with Crippen LogP contribution in [0.5, 0.6) is 11.5 Å². The van der Waals surface area contributed by atoms with E-state index in [1.165, 1.54) is 6.07 Å². The molecule has 0 aliphatic rings. The van der Waals surface area contributed by atoms with Gasteiger partial charge in [0.05, 0.1) is 28.6 Å². The van der Waals surface area contributed by atoms with Crippen molar-refractivity contribution in [3.63, 3.8) is 0 Å². The van der Waals surface area contributed by atoms with Crippen LogP contribution in [0, 0.1) is 11.6 Å². The number of aromatic nitrogens is 2. The Morgan fingerprint density at radius 3 is 2.68 bits per heavy atom. The average molecular weight is 446 g/mol. The molecule has 0 spiro atoms. The number of benzene rings is 3. The van der Waals surface area contributed by atoms with Crippen molar-refractivity contribution in [3.8, 4) is 22.8 Å². The van der Waals surface area contributed by atoms with Crippen LogP contribution in [0.15, 0.2) is 54.6 Å². The van der Waals surface area contributed by atoms with E-state index in [2.05, 4.69) is 15.5 Å². The van der Waals surface area contributed by atoms with E-state index in [1.807, 2.05) is 12.1 Å². The van der Waals surface area contributed by atoms with Crippen LogP contribution >= 0.6 is 11.6 Å². The van der Waals surface area contributed by atoms with Crippen molar-refractivity contribution >= 4 is 28.2 Å². The number of ether oxygens (including phenoxy) is 1. The van der Waals surface area contributed by atoms with Gasteiger partial charge in [-0.3, -0.25) is 5.10 Å². The van der Waals surface area contributed by atoms with Gasteiger partial charge in [-0.2, -0.15) is 5.10 Å². The van der Waals surface area contributed by atoms with Gasteiger partial charge in [0, 0.05) is 36.0 Å². The summed E-state index contributed by atoms with van der Waals surface area (Å²) >= 11 is 6.34. The van der Waals surface area contributed by atoms with Gasteiger partial charge in [0.25, 0.3) is 0 Å². The molecule has 1 unspecified atom stereocenters. The van der Waals surface area contributed by atoms with E-state index in [9.17, 15) is 13.9 Å². The Hall–Kier alpha value is -3.20. The number of anilines is 1. The van der Waals surface area contributed by atoms with Crippen molar-refractivity contribution in [2.45, 2.75) is 6.10 Å². The lowest BCUT2D eigenvalue weighted by Crippen LogP contribution is -2.23. The van der Waals surface area contributed by atoms with E-state index < -0.39 is 24.3 Å². The zero-order valence-electron chi connectivity index (χ0n) is 16.1. The topological polar surface area (TPSA) is 90.4 Å². The minimum absolute atomic E-state index is 0.0487. The fourth-order valence-electron chi connectivity index (χ4n) is 3.15. The third-order valence-electron chi connectivity index (χ3n) is 4.63. The lowest BCUT2D eigenvalue weighted by atomic mass is 10.1. The van der Waals surface area contributed by atoms with Gasteiger partial charge in [-0.25, -0.2) is 8.78 Å². The molecule has 4 aromatic rings. The molecule has 4 rings (SSSR count). The molecule has 1 aromatic heterocycles. The third-order valence-corrected chi connectivity index (χ3v) is 4.96. The maximum atomic E-state index is 14.0. The van der Waals surface area contributed by atoms with Gasteiger partial charge in [-0.1, -0.05) is 29.8 Å². The molecule has 3 aromatic carbocycles. The van der Waals surface area contributed by atoms with E-state index in [1.54, 1.807) is 24.3 Å². The summed E-state index contributed by atoms with van der Waals surface area (Å²) in [6, 6.07) is 13.5. The molecule has 0 aliphatic heterocycles. The van der Waals surface area contributed by atoms with E-state index in [0.717, 1.165) is 12.1 Å². The molecule has 0 fully saturated rings. The number of halogens is 3. The summed E-state index contributed by atoms with van der Waals surface area (Å²) in [6.45, 7) is -0.372. The molecule has 6 nitrogen and oxygen atoms in total. The highest BCUT2D eigenvalue weighted by Gasteiger charge is 2.18. The molecular weight excluding hydrogens is 428 g/mol. The Balaban J connectivity index is 1.80. The van der Waals surface area contributed by atoms with Crippen LogP contribution < -0.4 is 10.1 Å². The zero-order chi connectivity index (χ0) is 22.0. The molecule has 4 N–H and O–H groups in total. The first-order valence-electron chi connectivity index (χ1n) is 9.39. The van der Waals surface area contributed by atoms with Crippen LogP contribution in [0.25, 0.3) is 22.2 Å². The summed E-state index contributed by atoms with van der Waals surface area (Å²) in [6.07, 6.45) is -0.996. The SMILES string of the molecule is OCC(O)CNc1cc(Oc2ccc(F)cc2F)cc2[nH]nc(-c3ccccc3Cl)c12. The summed E-state index contributed by atoms with van der Waals surface area (Å²) in [5.74, 6) is -1.44. The molecule has 0 amide bonds. The molecule has 1 atom stereocenters. The first kappa shape index (κ1) is 21.0. The summed E-state index contributed by atoms with van der Waals surface area (Å²) in [4.78, 5) is 0. The Morgan fingerprint density at radius 2 is 1.94 bits per heavy atom. The van der Waals surface area contributed by atoms with Crippen LogP contribution in [0.4, 0.5) is 14.5 Å². The summed E-state index contributed by atoms with van der Waals surface area (Å²) in [7, 11) is 0. The third kappa shape index (κ3) is 4.46. The Labute approximate surface area is 181 Å². The van der Waals surface area contributed by atoms with Gasteiger partial charge in [-0.05, 0) is 18.2 Å². The number of hydrogen-bond donors (Lipinski definition) is 4. The van der Waals surface area contributed by atoms with Crippen molar-refractivity contribution in [3.05, 3.63) is 71.3 Å². The van der Waals surface area contributed by atoms with E-state index in [0.29, 0.717) is 32.9 Å². The standard InChI is InChI=1S/C22H18ClF2N3O3/c23-16-4-2-1-3-15(16)22-21-18(26-10-13(30)11-29)8-14(9-19(21)27-28-22)31-20-6-5-12(24)7-17(20)25/h1-9,13,26,29-30H,10-11H2,(H,27,28). The highest BCUT2D eigenvalue weighted by molar-refractivity contribution is 6.33. The second kappa shape index (κ2) is 8.89. The van der Waals surface area contributed by atoms with E-state index >= 15 is 0 Å². The van der Waals surface area contributed by atoms with Crippen LogP contribution in [-0.4, -0.2) is 39.7 Å². The molecule has 31 heavy (non-hydrogen) atoms. The van der Waals surface area contributed by atoms with Crippen molar-refractivity contribution in [1.29, 1.82) is 0 Å². The summed E-state index contributed by atoms with van der Waals surface area (Å²) in [5.41, 5.74) is 2.35. The second-order valence-corrected chi connectivity index (χ2v) is 7.25. The quantitative estimate of drug-likeness (QED) is 0.330. The fourth-order valence-corrected chi connectivity index (χ4v) is 3.38. The number of aliphatic hydroxyl groups is 2. The van der Waals surface area contributed by atoms with Crippen LogP contribution in [0.2, 0.25) is 5.02 Å². The minimum atomic E-state index is -0.996. The van der Waals surface area contributed by atoms with Gasteiger partial charge in [0.15, 0.2) is 11.6 Å². The van der Waals surface area contributed by atoms with E-state index in [-0.39, 0.29) is 18.0 Å². The molecule has 0 aliphatic carbocycles. The van der Waals surface area contributed by atoms with Crippen LogP contribution in [0.3, 0.4) is 0 Å². The number of H-pyrrole nitrogens is 1. The normalized spacial score (nSPS) is 12.2. The number of aromatic amines is 1. The molecule has 0 radical (unpaired) electrons. The fraction of sp³-hybridized carbons (Fsp3) is 0.136. The monoisotopic (exact) mass is 445 g/mol. The van der Waals surface area contributed by atoms with Crippen molar-refractivity contribution < 1.29 is 23.7 Å². The Kier molecular flexibility index (Phi) is 6.03. The van der Waals surface area contributed by atoms with Crippen molar-refractivity contribution in [1.82, 2.24) is 10.2 Å². The molecule has 0 saturated carbocycles. The van der Waals surface area contributed by atoms with Crippen molar-refractivity contribution in [2.75, 3.05) is 18.5 Å². The lowest BCUT2D eigenvalue weighted by molar-refractivity contribution is 0.105. The van der Waals surface area contributed by atoms with Gasteiger partial charge in [0.2, 0.25) is 0 Å². The Morgan fingerprint density at radius 1 is 1.13 bits per heavy atom. The van der Waals surface area contributed by atoms with Crippen LogP contribution in [-0.2, 0) is 0 Å². The molecule has 0 saturated heterocycles. The minimum Gasteiger partial charge on any atom is -0.454 e. The smallest absolute Gasteiger partial charge is 0.168 e. The molecule has 9 heteroatoms. The van der Waals surface area contributed by atoms with Gasteiger partial charge >= 0.3 is 0 Å². The molecule has 160 valence electrons. The highest BCUT2D eigenvalue weighted by Crippen LogP contribution is 2.39. The number of rotatable bonds is 7. The molecule has 0 bridgehead atoms.